The molecule has 116 valence electrons. The zero-order chi connectivity index (χ0) is 16.3. The van der Waals surface area contributed by atoms with E-state index in [1.807, 2.05) is 19.1 Å². The van der Waals surface area contributed by atoms with Gasteiger partial charge >= 0.3 is 0 Å². The summed E-state index contributed by atoms with van der Waals surface area (Å²) < 4.78 is 41.2. The van der Waals surface area contributed by atoms with Crippen LogP contribution in [-0.4, -0.2) is 5.91 Å². The van der Waals surface area contributed by atoms with Crippen molar-refractivity contribution in [2.75, 3.05) is 5.32 Å². The van der Waals surface area contributed by atoms with E-state index in [1.165, 1.54) is 0 Å². The maximum Gasteiger partial charge on any atom is 0.293 e. The van der Waals surface area contributed by atoms with Crippen LogP contribution in [0.3, 0.4) is 0 Å². The average molecular weight is 309 g/mol. The molecule has 0 radical (unpaired) electrons. The topological polar surface area (TPSA) is 33.0 Å². The summed E-state index contributed by atoms with van der Waals surface area (Å²) >= 11 is 0. The Morgan fingerprint density at radius 1 is 1.14 bits per heavy atom. The van der Waals surface area contributed by atoms with Crippen LogP contribution in [0.1, 0.15) is 25.5 Å². The number of anilines is 1. The highest BCUT2D eigenvalue weighted by Crippen LogP contribution is 2.20. The lowest BCUT2D eigenvalue weighted by atomic mass is 10.2. The number of nitrogens with zero attached hydrogens (tertiary/aromatic N) is 1. The van der Waals surface area contributed by atoms with E-state index in [0.29, 0.717) is 0 Å². The number of hydrogen-bond acceptors (Lipinski definition) is 1. The standard InChI is InChI=1S/C16H15F3N2O/c1-3-11-6-8-21(9-7-11)10(2)16(22)20-13-5-4-12(17)14(18)15(13)19/h4-10H,3H2,1-2H3/p+1/t10-/m0/s1. The highest BCUT2D eigenvalue weighted by atomic mass is 19.2. The molecule has 0 unspecified atom stereocenters. The van der Waals surface area contributed by atoms with Gasteiger partial charge in [-0.2, -0.15) is 4.57 Å². The summed E-state index contributed by atoms with van der Waals surface area (Å²) in [6.45, 7) is 3.64. The van der Waals surface area contributed by atoms with E-state index < -0.39 is 29.4 Å². The SMILES string of the molecule is CCc1cc[n+]([C@@H](C)C(=O)Nc2ccc(F)c(F)c2F)cc1. The number of aryl methyl sites for hydroxylation is 1. The molecule has 6 heteroatoms. The summed E-state index contributed by atoms with van der Waals surface area (Å²) in [5.74, 6) is -4.84. The molecule has 0 aliphatic carbocycles. The van der Waals surface area contributed by atoms with E-state index in [9.17, 15) is 18.0 Å². The molecule has 22 heavy (non-hydrogen) atoms. The van der Waals surface area contributed by atoms with Crippen molar-refractivity contribution in [3.63, 3.8) is 0 Å². The summed E-state index contributed by atoms with van der Waals surface area (Å²) in [7, 11) is 0. The summed E-state index contributed by atoms with van der Waals surface area (Å²) in [6.07, 6.45) is 4.36. The quantitative estimate of drug-likeness (QED) is 0.683. The molecule has 2 aromatic rings. The second-order valence-corrected chi connectivity index (χ2v) is 4.90. The van der Waals surface area contributed by atoms with Crippen LogP contribution in [0, 0.1) is 17.5 Å². The van der Waals surface area contributed by atoms with Crippen LogP contribution in [0.15, 0.2) is 36.7 Å². The molecular weight excluding hydrogens is 293 g/mol. The lowest BCUT2D eigenvalue weighted by Gasteiger charge is -2.10. The first-order valence-electron chi connectivity index (χ1n) is 6.88. The number of benzene rings is 1. The minimum atomic E-state index is -1.61. The fourth-order valence-electron chi connectivity index (χ4n) is 1.96. The van der Waals surface area contributed by atoms with Crippen LogP contribution in [0.2, 0.25) is 0 Å². The molecule has 1 N–H and O–H groups in total. The van der Waals surface area contributed by atoms with Gasteiger partial charge in [0.2, 0.25) is 6.04 Å². The highest BCUT2D eigenvalue weighted by Gasteiger charge is 2.24. The summed E-state index contributed by atoms with van der Waals surface area (Å²) in [4.78, 5) is 12.1. The maximum absolute atomic E-state index is 13.6. The molecule has 0 saturated carbocycles. The molecule has 0 fully saturated rings. The minimum absolute atomic E-state index is 0.387. The van der Waals surface area contributed by atoms with Gasteiger partial charge < -0.3 is 5.32 Å². The normalized spacial score (nSPS) is 12.0. The van der Waals surface area contributed by atoms with Gasteiger partial charge in [-0.1, -0.05) is 6.92 Å². The van der Waals surface area contributed by atoms with Crippen LogP contribution in [0.25, 0.3) is 0 Å². The van der Waals surface area contributed by atoms with Crippen molar-refractivity contribution >= 4 is 11.6 Å². The number of hydrogen-bond donors (Lipinski definition) is 1. The Bertz CT molecular complexity index is 687. The van der Waals surface area contributed by atoms with E-state index in [4.69, 9.17) is 0 Å². The van der Waals surface area contributed by atoms with Gasteiger partial charge in [0, 0.05) is 19.1 Å². The predicted molar refractivity (Wildman–Crippen MR) is 75.7 cm³/mol. The number of carbonyl (C=O) groups is 1. The first kappa shape index (κ1) is 16.0. The number of pyridine rings is 1. The van der Waals surface area contributed by atoms with E-state index in [0.717, 1.165) is 24.1 Å². The number of aromatic nitrogens is 1. The molecule has 1 atom stereocenters. The van der Waals surface area contributed by atoms with Gasteiger partial charge in [-0.15, -0.1) is 0 Å². The molecule has 1 amide bonds. The fraction of sp³-hybridized carbons (Fsp3) is 0.250. The second kappa shape index (κ2) is 6.60. The van der Waals surface area contributed by atoms with Crippen molar-refractivity contribution in [3.8, 4) is 0 Å². The third kappa shape index (κ3) is 3.27. The number of amides is 1. The van der Waals surface area contributed by atoms with Crippen molar-refractivity contribution < 1.29 is 22.5 Å². The van der Waals surface area contributed by atoms with Crippen molar-refractivity contribution in [2.24, 2.45) is 0 Å². The smallest absolute Gasteiger partial charge is 0.293 e. The van der Waals surface area contributed by atoms with Gasteiger partial charge in [-0.3, -0.25) is 4.79 Å². The van der Waals surface area contributed by atoms with Crippen LogP contribution < -0.4 is 9.88 Å². The molecule has 0 saturated heterocycles. The first-order chi connectivity index (χ1) is 10.4. The summed E-state index contributed by atoms with van der Waals surface area (Å²) in [5.41, 5.74) is 0.733. The Kier molecular flexibility index (Phi) is 4.80. The van der Waals surface area contributed by atoms with E-state index in [-0.39, 0.29) is 5.69 Å². The van der Waals surface area contributed by atoms with E-state index in [1.54, 1.807) is 23.9 Å². The van der Waals surface area contributed by atoms with Crippen molar-refractivity contribution in [1.29, 1.82) is 0 Å². The van der Waals surface area contributed by atoms with Gasteiger partial charge in [0.25, 0.3) is 5.91 Å². The van der Waals surface area contributed by atoms with Gasteiger partial charge in [0.15, 0.2) is 29.8 Å². The molecule has 2 rings (SSSR count). The second-order valence-electron chi connectivity index (χ2n) is 4.90. The minimum Gasteiger partial charge on any atom is -0.318 e. The van der Waals surface area contributed by atoms with Crippen molar-refractivity contribution in [3.05, 3.63) is 59.7 Å². The monoisotopic (exact) mass is 309 g/mol. The molecule has 0 aliphatic rings. The summed E-state index contributed by atoms with van der Waals surface area (Å²) in [5, 5.41) is 2.26. The Balaban J connectivity index is 2.16. The predicted octanol–water partition coefficient (Wildman–Crippen LogP) is 3.15. The third-order valence-electron chi connectivity index (χ3n) is 3.45. The van der Waals surface area contributed by atoms with Crippen molar-refractivity contribution in [2.45, 2.75) is 26.3 Å². The molecule has 0 spiro atoms. The van der Waals surface area contributed by atoms with E-state index >= 15 is 0 Å². The molecule has 1 heterocycles. The Labute approximate surface area is 126 Å². The lowest BCUT2D eigenvalue weighted by Crippen LogP contribution is -2.44. The molecule has 0 aliphatic heterocycles. The van der Waals surface area contributed by atoms with Gasteiger partial charge in [-0.05, 0) is 24.1 Å². The Morgan fingerprint density at radius 2 is 1.77 bits per heavy atom. The molecule has 1 aromatic heterocycles. The first-order valence-corrected chi connectivity index (χ1v) is 6.88. The highest BCUT2D eigenvalue weighted by molar-refractivity contribution is 5.92. The molecule has 1 aromatic carbocycles. The van der Waals surface area contributed by atoms with Crippen LogP contribution in [0.5, 0.6) is 0 Å². The Hall–Kier alpha value is -2.37. The largest absolute Gasteiger partial charge is 0.318 e. The maximum atomic E-state index is 13.6. The fourth-order valence-corrected chi connectivity index (χ4v) is 1.96. The van der Waals surface area contributed by atoms with Crippen molar-refractivity contribution in [1.82, 2.24) is 0 Å². The number of rotatable bonds is 4. The van der Waals surface area contributed by atoms with Crippen LogP contribution in [-0.2, 0) is 11.2 Å². The van der Waals surface area contributed by atoms with Gasteiger partial charge in [0.1, 0.15) is 0 Å². The number of carbonyl (C=O) groups excluding carboxylic acids is 1. The van der Waals surface area contributed by atoms with Gasteiger partial charge in [0.05, 0.1) is 5.69 Å². The molecule has 3 nitrogen and oxygen atoms in total. The number of halogens is 3. The van der Waals surface area contributed by atoms with Crippen LogP contribution >= 0.6 is 0 Å². The van der Waals surface area contributed by atoms with E-state index in [2.05, 4.69) is 5.32 Å². The van der Waals surface area contributed by atoms with Crippen LogP contribution in [0.4, 0.5) is 18.9 Å². The third-order valence-corrected chi connectivity index (χ3v) is 3.45. The lowest BCUT2D eigenvalue weighted by molar-refractivity contribution is -0.705. The Morgan fingerprint density at radius 3 is 2.36 bits per heavy atom. The van der Waals surface area contributed by atoms with Gasteiger partial charge in [-0.25, -0.2) is 13.2 Å². The molecular formula is C16H16F3N2O+. The average Bonchev–Trinajstić information content (AvgIpc) is 2.54. The zero-order valence-corrected chi connectivity index (χ0v) is 12.2. The number of nitrogens with one attached hydrogen (secondary N) is 1. The summed E-state index contributed by atoms with van der Waals surface area (Å²) in [6, 6.07) is 4.88. The molecule has 0 bridgehead atoms. The zero-order valence-electron chi connectivity index (χ0n) is 12.2.